The second-order valence-electron chi connectivity index (χ2n) is 28.7. The van der Waals surface area contributed by atoms with Crippen molar-refractivity contribution in [2.75, 3.05) is 10.2 Å². The maximum Gasteiger partial charge on any atom is 0.137 e. The Morgan fingerprint density at radius 3 is 1.10 bits per heavy atom. The first-order valence-electron chi connectivity index (χ1n) is 38.5. The molecule has 0 atom stereocenters. The van der Waals surface area contributed by atoms with Crippen molar-refractivity contribution in [1.29, 1.82) is 0 Å². The normalized spacial score (nSPS) is 11.2. The highest BCUT2D eigenvalue weighted by Crippen LogP contribution is 2.43. The van der Waals surface area contributed by atoms with E-state index in [0.717, 1.165) is 133 Å². The summed E-state index contributed by atoms with van der Waals surface area (Å²) in [5, 5.41) is 12.8. The molecule has 552 valence electrons. The molecule has 0 spiro atoms. The lowest BCUT2D eigenvalue weighted by molar-refractivity contribution is 0.668. The van der Waals surface area contributed by atoms with Gasteiger partial charge in [-0.05, 0) is 224 Å². The minimum Gasteiger partial charge on any atom is -0.456 e. The zero-order chi connectivity index (χ0) is 76.5. The fourth-order valence-electron chi connectivity index (χ4n) is 16.1. The van der Waals surface area contributed by atoms with E-state index in [1.54, 1.807) is 6.20 Å². The number of furan rings is 2. The average Bonchev–Trinajstić information content (AvgIpc) is 1.59. The van der Waals surface area contributed by atoms with Crippen LogP contribution in [-0.4, -0.2) is 19.1 Å². The van der Waals surface area contributed by atoms with Crippen LogP contribution in [0.1, 0.15) is 7.43 Å². The van der Waals surface area contributed by atoms with Crippen LogP contribution in [0, 0.1) is 0 Å². The Labute approximate surface area is 680 Å². The lowest BCUT2D eigenvalue weighted by Crippen LogP contribution is -2.09. The maximum absolute atomic E-state index is 6.34. The van der Waals surface area contributed by atoms with E-state index >= 15 is 0 Å². The summed E-state index contributed by atoms with van der Waals surface area (Å²) in [7, 11) is 0. The molecule has 22 rings (SSSR count). The Bertz CT molecular complexity index is 7320. The van der Waals surface area contributed by atoms with E-state index in [4.69, 9.17) is 8.83 Å². The van der Waals surface area contributed by atoms with Gasteiger partial charge in [0.25, 0.3) is 0 Å². The summed E-state index contributed by atoms with van der Waals surface area (Å²) in [6.07, 6.45) is 7.37. The van der Waals surface area contributed by atoms with Gasteiger partial charge in [-0.25, -0.2) is 0 Å². The molecule has 0 aliphatic carbocycles. The van der Waals surface area contributed by atoms with Gasteiger partial charge in [0, 0.05) is 124 Å². The Kier molecular flexibility index (Phi) is 19.3. The number of anilines is 5. The molecular formula is C107H75BrN6O2. The first-order chi connectivity index (χ1) is 56.9. The first kappa shape index (κ1) is 71.4. The number of hydrogen-bond acceptors (Lipinski definition) is 6. The van der Waals surface area contributed by atoms with E-state index in [2.05, 4.69) is 391 Å². The average molecular weight is 1560 g/mol. The molecule has 0 radical (unpaired) electrons. The largest absolute Gasteiger partial charge is 0.456 e. The fraction of sp³-hybridized carbons (Fsp3) is 0.00935. The molecule has 0 fully saturated rings. The standard InChI is InChI=1S/C53H35N3O.C36H22BrNO.C17H14N2.CH4/c1-2-15-42(16-3-1)55(43-25-22-36(23-26-43)41-14-10-30-54-35-41)44-17-9-13-39(32-44)37-11-8-12-38(31-37)40-24-28-47-46-18-4-6-20-50(46)56(51(47)33-40)45-27-29-49-48-19-5-7-21-52(48)57-53(49)34-45;37-27-10-6-9-25(20-27)23-7-5-8-24(19-23)26-15-17-30-29-11-1-3-13-33(29)38(34(30)21-26)28-16-18-32-31-12-2-4-14-35(31)39-36(32)22-28;1-2-6-16(7-3-1)19-17-10-8-14(9-11-17)15-5-4-12-18-13-15;/h1-35H;1-22H;1-13,19H;1H4. The van der Waals surface area contributed by atoms with Crippen molar-refractivity contribution >= 4 is 132 Å². The van der Waals surface area contributed by atoms with Crippen molar-refractivity contribution in [2.45, 2.75) is 7.43 Å². The third-order valence-electron chi connectivity index (χ3n) is 21.7. The lowest BCUT2D eigenvalue weighted by atomic mass is 9.97. The summed E-state index contributed by atoms with van der Waals surface area (Å²) < 4.78 is 18.4. The Morgan fingerprint density at radius 2 is 0.603 bits per heavy atom. The molecule has 16 aromatic carbocycles. The fourth-order valence-corrected chi connectivity index (χ4v) is 16.5. The summed E-state index contributed by atoms with van der Waals surface area (Å²) in [5.74, 6) is 0. The number of para-hydroxylation sites is 6. The number of pyridine rings is 2. The van der Waals surface area contributed by atoms with Gasteiger partial charge in [-0.2, -0.15) is 0 Å². The molecule has 0 aliphatic rings. The molecule has 6 aromatic heterocycles. The first-order valence-corrected chi connectivity index (χ1v) is 39.3. The quantitative estimate of drug-likeness (QED) is 0.124. The molecule has 6 heterocycles. The minimum absolute atomic E-state index is 0. The van der Waals surface area contributed by atoms with Gasteiger partial charge < -0.3 is 28.2 Å². The zero-order valence-electron chi connectivity index (χ0n) is 62.3. The Morgan fingerprint density at radius 1 is 0.241 bits per heavy atom. The van der Waals surface area contributed by atoms with Crippen LogP contribution in [0.25, 0.3) is 166 Å². The van der Waals surface area contributed by atoms with E-state index in [0.29, 0.717) is 0 Å². The van der Waals surface area contributed by atoms with Crippen LogP contribution in [0.4, 0.5) is 28.4 Å². The minimum atomic E-state index is 0. The van der Waals surface area contributed by atoms with Crippen LogP contribution >= 0.6 is 15.9 Å². The summed E-state index contributed by atoms with van der Waals surface area (Å²) >= 11 is 3.61. The van der Waals surface area contributed by atoms with E-state index in [-0.39, 0.29) is 7.43 Å². The van der Waals surface area contributed by atoms with Gasteiger partial charge in [-0.3, -0.25) is 9.97 Å². The second kappa shape index (κ2) is 31.3. The van der Waals surface area contributed by atoms with Crippen LogP contribution in [0.2, 0.25) is 0 Å². The molecule has 0 amide bonds. The van der Waals surface area contributed by atoms with E-state index in [1.807, 2.05) is 73.2 Å². The van der Waals surface area contributed by atoms with Crippen LogP contribution in [0.3, 0.4) is 0 Å². The molecule has 0 aliphatic heterocycles. The molecule has 0 bridgehead atoms. The van der Waals surface area contributed by atoms with Crippen LogP contribution in [-0.2, 0) is 0 Å². The molecule has 22 aromatic rings. The summed E-state index contributed by atoms with van der Waals surface area (Å²) in [4.78, 5) is 10.8. The molecule has 0 unspecified atom stereocenters. The van der Waals surface area contributed by atoms with Gasteiger partial charge in [0.1, 0.15) is 22.3 Å². The molecule has 116 heavy (non-hydrogen) atoms. The van der Waals surface area contributed by atoms with E-state index in [1.165, 1.54) is 65.9 Å². The summed E-state index contributed by atoms with van der Waals surface area (Å²) in [6, 6.07) is 141. The highest BCUT2D eigenvalue weighted by molar-refractivity contribution is 9.10. The van der Waals surface area contributed by atoms with Gasteiger partial charge in [0.05, 0.1) is 22.1 Å². The predicted octanol–water partition coefficient (Wildman–Crippen LogP) is 30.5. The van der Waals surface area contributed by atoms with Gasteiger partial charge in [-0.1, -0.05) is 254 Å². The number of halogens is 1. The van der Waals surface area contributed by atoms with Gasteiger partial charge >= 0.3 is 0 Å². The topological polar surface area (TPSA) is 77.2 Å². The number of aromatic nitrogens is 4. The zero-order valence-corrected chi connectivity index (χ0v) is 63.9. The number of nitrogens with zero attached hydrogens (tertiary/aromatic N) is 5. The number of rotatable bonds is 13. The number of nitrogens with one attached hydrogen (secondary N) is 1. The Hall–Kier alpha value is -14.9. The monoisotopic (exact) mass is 1550 g/mol. The van der Waals surface area contributed by atoms with Crippen molar-refractivity contribution < 1.29 is 8.83 Å². The van der Waals surface area contributed by atoms with Crippen LogP contribution in [0.15, 0.2) is 438 Å². The molecular weight excluding hydrogens is 1480 g/mol. The summed E-state index contributed by atoms with van der Waals surface area (Å²) in [6.45, 7) is 0. The summed E-state index contributed by atoms with van der Waals surface area (Å²) in [5.41, 5.74) is 29.9. The lowest BCUT2D eigenvalue weighted by Gasteiger charge is -2.26. The maximum atomic E-state index is 6.34. The molecule has 0 saturated carbocycles. The predicted molar refractivity (Wildman–Crippen MR) is 490 cm³/mol. The van der Waals surface area contributed by atoms with Gasteiger partial charge in [0.2, 0.25) is 0 Å². The smallest absolute Gasteiger partial charge is 0.137 e. The highest BCUT2D eigenvalue weighted by atomic mass is 79.9. The molecule has 9 heteroatoms. The molecule has 8 nitrogen and oxygen atoms in total. The van der Waals surface area contributed by atoms with Crippen LogP contribution in [0.5, 0.6) is 0 Å². The van der Waals surface area contributed by atoms with Gasteiger partial charge in [0.15, 0.2) is 0 Å². The number of benzene rings is 16. The van der Waals surface area contributed by atoms with Crippen molar-refractivity contribution in [3.8, 4) is 78.1 Å². The van der Waals surface area contributed by atoms with Crippen molar-refractivity contribution in [3.05, 3.63) is 430 Å². The molecule has 1 N–H and O–H groups in total. The van der Waals surface area contributed by atoms with Crippen LogP contribution < -0.4 is 10.2 Å². The third-order valence-corrected chi connectivity index (χ3v) is 22.1. The second-order valence-corrected chi connectivity index (χ2v) is 29.6. The molecule has 0 saturated heterocycles. The van der Waals surface area contributed by atoms with Crippen molar-refractivity contribution in [3.63, 3.8) is 0 Å². The van der Waals surface area contributed by atoms with Gasteiger partial charge in [-0.15, -0.1) is 0 Å². The highest BCUT2D eigenvalue weighted by Gasteiger charge is 2.20. The van der Waals surface area contributed by atoms with E-state index < -0.39 is 0 Å². The number of hydrogen-bond donors (Lipinski definition) is 1. The third kappa shape index (κ3) is 14.0. The Balaban J connectivity index is 0.000000131. The van der Waals surface area contributed by atoms with E-state index in [9.17, 15) is 0 Å². The van der Waals surface area contributed by atoms with Crippen molar-refractivity contribution in [2.24, 2.45) is 0 Å². The SMILES string of the molecule is Brc1cccc(-c2cccc(-c3ccc4c5ccccc5n(-c5ccc6c(c5)oc5ccccc56)c4c3)c2)c1.C.c1ccc(N(c2ccc(-c3cccnc3)cc2)c2cccc(-c3cccc(-c4ccc5c6ccccc6n(-c6ccc7c(c6)oc6ccccc67)c5c4)c3)c2)cc1.c1ccc(Nc2ccc(-c3cccnc3)cc2)cc1. The number of fused-ring (bicyclic) bond motifs is 12. The van der Waals surface area contributed by atoms with Crippen molar-refractivity contribution in [1.82, 2.24) is 19.1 Å².